The number of guanidine groups is 1. The maximum absolute atomic E-state index is 11.8. The summed E-state index contributed by atoms with van der Waals surface area (Å²) in [7, 11) is 0. The molecule has 7 nitrogen and oxygen atoms in total. The van der Waals surface area contributed by atoms with Crippen molar-refractivity contribution in [3.05, 3.63) is 16.1 Å². The van der Waals surface area contributed by atoms with Gasteiger partial charge in [-0.25, -0.2) is 14.8 Å². The molecule has 0 saturated carbocycles. The van der Waals surface area contributed by atoms with E-state index in [0.717, 1.165) is 36.3 Å². The van der Waals surface area contributed by atoms with Crippen LogP contribution < -0.4 is 5.32 Å². The molecular formula is C18H32IN5O2S. The lowest BCUT2D eigenvalue weighted by atomic mass is 9.93. The van der Waals surface area contributed by atoms with Crippen LogP contribution in [0.15, 0.2) is 10.4 Å². The first kappa shape index (κ1) is 23.9. The SMILES string of the molecule is CCNC(=NCc1nc(C(C)(C)C)cs1)N1CCN(C(=O)OCC)CC1.I. The van der Waals surface area contributed by atoms with Crippen molar-refractivity contribution in [3.8, 4) is 0 Å². The van der Waals surface area contributed by atoms with E-state index in [1.54, 1.807) is 16.2 Å². The zero-order valence-electron chi connectivity index (χ0n) is 16.9. The molecule has 0 aliphatic carbocycles. The Hall–Kier alpha value is -1.10. The molecule has 2 rings (SSSR count). The zero-order valence-corrected chi connectivity index (χ0v) is 20.1. The van der Waals surface area contributed by atoms with Gasteiger partial charge in [0.1, 0.15) is 5.01 Å². The second kappa shape index (κ2) is 11.0. The lowest BCUT2D eigenvalue weighted by Crippen LogP contribution is -2.53. The highest BCUT2D eigenvalue weighted by molar-refractivity contribution is 14.0. The molecule has 2 heterocycles. The highest BCUT2D eigenvalue weighted by atomic mass is 127. The van der Waals surface area contributed by atoms with Crippen molar-refractivity contribution in [3.63, 3.8) is 0 Å². The molecule has 0 radical (unpaired) electrons. The molecule has 1 N–H and O–H groups in total. The maximum Gasteiger partial charge on any atom is 0.409 e. The summed E-state index contributed by atoms with van der Waals surface area (Å²) >= 11 is 1.66. The van der Waals surface area contributed by atoms with Gasteiger partial charge in [-0.3, -0.25) is 0 Å². The Morgan fingerprint density at radius 3 is 2.41 bits per heavy atom. The van der Waals surface area contributed by atoms with Crippen molar-refractivity contribution in [2.24, 2.45) is 4.99 Å². The van der Waals surface area contributed by atoms with E-state index in [1.165, 1.54) is 0 Å². The number of thiazole rings is 1. The summed E-state index contributed by atoms with van der Waals surface area (Å²) in [6, 6.07) is 0. The highest BCUT2D eigenvalue weighted by Gasteiger charge is 2.24. The first-order valence-electron chi connectivity index (χ1n) is 9.25. The van der Waals surface area contributed by atoms with Crippen LogP contribution in [0.4, 0.5) is 4.79 Å². The Balaban J connectivity index is 0.00000364. The van der Waals surface area contributed by atoms with E-state index >= 15 is 0 Å². The monoisotopic (exact) mass is 509 g/mol. The van der Waals surface area contributed by atoms with E-state index in [1.807, 2.05) is 6.92 Å². The highest BCUT2D eigenvalue weighted by Crippen LogP contribution is 2.24. The Kier molecular flexibility index (Phi) is 9.78. The van der Waals surface area contributed by atoms with Gasteiger partial charge in [0.25, 0.3) is 0 Å². The molecule has 0 spiro atoms. The Bertz CT molecular complexity index is 622. The predicted molar refractivity (Wildman–Crippen MR) is 121 cm³/mol. The molecule has 0 unspecified atom stereocenters. The van der Waals surface area contributed by atoms with Crippen molar-refractivity contribution >= 4 is 47.4 Å². The zero-order chi connectivity index (χ0) is 19.2. The standard InChI is InChI=1S/C18H31N5O2S.HI/c1-6-19-16(20-12-15-21-14(13-26-15)18(3,4)5)22-8-10-23(11-9-22)17(24)25-7-2;/h13H,6-12H2,1-5H3,(H,19,20);1H. The van der Waals surface area contributed by atoms with E-state index in [9.17, 15) is 4.79 Å². The second-order valence-corrected chi connectivity index (χ2v) is 8.16. The van der Waals surface area contributed by atoms with Gasteiger partial charge in [-0.1, -0.05) is 20.8 Å². The van der Waals surface area contributed by atoms with E-state index < -0.39 is 0 Å². The number of hydrogen-bond acceptors (Lipinski definition) is 5. The van der Waals surface area contributed by atoms with E-state index in [2.05, 4.69) is 43.3 Å². The molecule has 1 aliphatic heterocycles. The van der Waals surface area contributed by atoms with Crippen LogP contribution in [0.1, 0.15) is 45.3 Å². The minimum absolute atomic E-state index is 0. The molecule has 0 atom stereocenters. The molecule has 0 aromatic carbocycles. The summed E-state index contributed by atoms with van der Waals surface area (Å²) in [6.45, 7) is 15.0. The maximum atomic E-state index is 11.8. The number of hydrogen-bond donors (Lipinski definition) is 1. The average molecular weight is 509 g/mol. The topological polar surface area (TPSA) is 70.1 Å². The van der Waals surface area contributed by atoms with Gasteiger partial charge in [0, 0.05) is 43.5 Å². The Labute approximate surface area is 183 Å². The summed E-state index contributed by atoms with van der Waals surface area (Å²) in [6.07, 6.45) is -0.230. The van der Waals surface area contributed by atoms with Crippen LogP contribution in [0, 0.1) is 0 Å². The van der Waals surface area contributed by atoms with Crippen molar-refractivity contribution in [1.82, 2.24) is 20.1 Å². The summed E-state index contributed by atoms with van der Waals surface area (Å²) in [4.78, 5) is 25.2. The van der Waals surface area contributed by atoms with Crippen LogP contribution in [-0.4, -0.2) is 66.2 Å². The van der Waals surface area contributed by atoms with Crippen molar-refractivity contribution in [2.45, 2.75) is 46.6 Å². The third kappa shape index (κ3) is 7.10. The van der Waals surface area contributed by atoms with Crippen LogP contribution in [0.5, 0.6) is 0 Å². The molecular weight excluding hydrogens is 477 g/mol. The van der Waals surface area contributed by atoms with Crippen LogP contribution in [0.2, 0.25) is 0 Å². The smallest absolute Gasteiger partial charge is 0.409 e. The summed E-state index contributed by atoms with van der Waals surface area (Å²) < 4.78 is 5.08. The number of carbonyl (C=O) groups excluding carboxylic acids is 1. The molecule has 154 valence electrons. The quantitative estimate of drug-likeness (QED) is 0.383. The number of aliphatic imine (C=N–C) groups is 1. The minimum atomic E-state index is -0.230. The number of rotatable bonds is 4. The molecule has 1 aliphatic rings. The Morgan fingerprint density at radius 2 is 1.89 bits per heavy atom. The van der Waals surface area contributed by atoms with Gasteiger partial charge >= 0.3 is 6.09 Å². The minimum Gasteiger partial charge on any atom is -0.450 e. The lowest BCUT2D eigenvalue weighted by Gasteiger charge is -2.35. The van der Waals surface area contributed by atoms with Crippen molar-refractivity contribution < 1.29 is 9.53 Å². The number of nitrogens with one attached hydrogen (secondary N) is 1. The molecule has 1 fully saturated rings. The number of nitrogens with zero attached hydrogens (tertiary/aromatic N) is 4. The fourth-order valence-corrected chi connectivity index (χ4v) is 3.56. The third-order valence-corrected chi connectivity index (χ3v) is 4.96. The number of halogens is 1. The van der Waals surface area contributed by atoms with Gasteiger partial charge in [-0.2, -0.15) is 0 Å². The number of aromatic nitrogens is 1. The number of amides is 1. The molecule has 9 heteroatoms. The van der Waals surface area contributed by atoms with Gasteiger partial charge < -0.3 is 19.9 Å². The van der Waals surface area contributed by atoms with Crippen molar-refractivity contribution in [2.75, 3.05) is 39.3 Å². The largest absolute Gasteiger partial charge is 0.450 e. The van der Waals surface area contributed by atoms with Crippen LogP contribution in [0.3, 0.4) is 0 Å². The molecule has 1 saturated heterocycles. The predicted octanol–water partition coefficient (Wildman–Crippen LogP) is 3.30. The molecule has 27 heavy (non-hydrogen) atoms. The first-order chi connectivity index (χ1) is 12.3. The summed E-state index contributed by atoms with van der Waals surface area (Å²) in [5, 5.41) is 6.49. The second-order valence-electron chi connectivity index (χ2n) is 7.22. The van der Waals surface area contributed by atoms with Gasteiger partial charge in [0.15, 0.2) is 5.96 Å². The van der Waals surface area contributed by atoms with Gasteiger partial charge in [-0.15, -0.1) is 35.3 Å². The van der Waals surface area contributed by atoms with E-state index in [4.69, 9.17) is 14.7 Å². The number of carbonyl (C=O) groups is 1. The van der Waals surface area contributed by atoms with Gasteiger partial charge in [0.2, 0.25) is 0 Å². The fraction of sp³-hybridized carbons (Fsp3) is 0.722. The number of ether oxygens (including phenoxy) is 1. The van der Waals surface area contributed by atoms with Crippen LogP contribution in [0.25, 0.3) is 0 Å². The molecule has 1 aromatic heterocycles. The molecule has 1 aromatic rings. The summed E-state index contributed by atoms with van der Waals surface area (Å²) in [5.41, 5.74) is 1.17. The van der Waals surface area contributed by atoms with E-state index in [-0.39, 0.29) is 35.5 Å². The van der Waals surface area contributed by atoms with E-state index in [0.29, 0.717) is 26.2 Å². The molecule has 1 amide bonds. The number of piperazine rings is 1. The van der Waals surface area contributed by atoms with Crippen molar-refractivity contribution in [1.29, 1.82) is 0 Å². The van der Waals surface area contributed by atoms with Crippen LogP contribution in [-0.2, 0) is 16.7 Å². The Morgan fingerprint density at radius 1 is 1.26 bits per heavy atom. The lowest BCUT2D eigenvalue weighted by molar-refractivity contribution is 0.0914. The van der Waals surface area contributed by atoms with Crippen LogP contribution >= 0.6 is 35.3 Å². The summed E-state index contributed by atoms with van der Waals surface area (Å²) in [5.74, 6) is 0.878. The van der Waals surface area contributed by atoms with Gasteiger partial charge in [0.05, 0.1) is 18.8 Å². The van der Waals surface area contributed by atoms with Gasteiger partial charge in [-0.05, 0) is 13.8 Å². The average Bonchev–Trinajstić information content (AvgIpc) is 3.08. The third-order valence-electron chi connectivity index (χ3n) is 4.12. The normalized spacial score (nSPS) is 15.4. The first-order valence-corrected chi connectivity index (χ1v) is 10.1. The molecule has 0 bridgehead atoms. The fourth-order valence-electron chi connectivity index (χ4n) is 2.61.